The maximum atomic E-state index is 11.3. The molecule has 3 aliphatic rings. The van der Waals surface area contributed by atoms with Gasteiger partial charge in [0.1, 0.15) is 18.1 Å². The van der Waals surface area contributed by atoms with E-state index in [4.69, 9.17) is 19.6 Å². The van der Waals surface area contributed by atoms with Crippen LogP contribution in [0.3, 0.4) is 0 Å². The molecule has 1 N–H and O–H groups in total. The molecule has 0 unspecified atom stereocenters. The highest BCUT2D eigenvalue weighted by Gasteiger charge is 2.48. The summed E-state index contributed by atoms with van der Waals surface area (Å²) in [6.45, 7) is 12.3. The summed E-state index contributed by atoms with van der Waals surface area (Å²) in [5.74, 6) is 8.29. The van der Waals surface area contributed by atoms with Gasteiger partial charge in [-0.2, -0.15) is 14.9 Å². The first-order valence-corrected chi connectivity index (χ1v) is 18.4. The van der Waals surface area contributed by atoms with Crippen LogP contribution in [-0.4, -0.2) is 75.7 Å². The standard InChI is InChI=1S/C30H42N6O3Si/c1-23-21-38-16-15-34(23)26-19-24(5-7-30(37)12-10-29(8-9-29)11-13-30)25-20-32-36(28(25)33-26)27-6-14-31-35(27)22-39-17-18-40(2,3)4/h6,14,19-20,23,37H,8-13,15-18,21-22H2,1-4H3/t23-/m1/s1. The van der Waals surface area contributed by atoms with Crippen LogP contribution in [0.25, 0.3) is 16.9 Å². The summed E-state index contributed by atoms with van der Waals surface area (Å²) in [6, 6.07) is 5.28. The molecule has 0 amide bonds. The second kappa shape index (κ2) is 10.6. The van der Waals surface area contributed by atoms with Gasteiger partial charge in [0.25, 0.3) is 0 Å². The first kappa shape index (κ1) is 27.5. The molecule has 3 aromatic rings. The second-order valence-electron chi connectivity index (χ2n) is 13.3. The largest absolute Gasteiger partial charge is 0.378 e. The van der Waals surface area contributed by atoms with Gasteiger partial charge in [-0.25, -0.2) is 9.67 Å². The van der Waals surface area contributed by atoms with Crippen molar-refractivity contribution in [2.45, 2.75) is 89.5 Å². The predicted molar refractivity (Wildman–Crippen MR) is 158 cm³/mol. The Kier molecular flexibility index (Phi) is 7.28. The van der Waals surface area contributed by atoms with E-state index in [9.17, 15) is 5.11 Å². The summed E-state index contributed by atoms with van der Waals surface area (Å²) < 4.78 is 15.3. The van der Waals surface area contributed by atoms with E-state index in [0.717, 1.165) is 73.1 Å². The minimum absolute atomic E-state index is 0.193. The SMILES string of the molecule is C[C@@H]1COCCN1c1cc(C#CC2(O)CCC3(CC2)CC3)c2cnn(-c3ccnn3COCC[Si](C)(C)C)c2n1. The molecular formula is C30H42N6O3Si. The van der Waals surface area contributed by atoms with Crippen LogP contribution in [0.2, 0.25) is 25.7 Å². The Morgan fingerprint density at radius 2 is 1.93 bits per heavy atom. The molecule has 0 bridgehead atoms. The molecule has 3 fully saturated rings. The molecule has 214 valence electrons. The van der Waals surface area contributed by atoms with Gasteiger partial charge >= 0.3 is 0 Å². The van der Waals surface area contributed by atoms with Crippen LogP contribution < -0.4 is 4.90 Å². The zero-order valence-electron chi connectivity index (χ0n) is 24.3. The van der Waals surface area contributed by atoms with E-state index < -0.39 is 13.7 Å². The molecule has 1 atom stereocenters. The minimum Gasteiger partial charge on any atom is -0.378 e. The zero-order chi connectivity index (χ0) is 28.0. The Balaban J connectivity index is 1.34. The fraction of sp³-hybridized carbons (Fsp3) is 0.633. The van der Waals surface area contributed by atoms with E-state index in [-0.39, 0.29) is 6.04 Å². The number of rotatable bonds is 7. The van der Waals surface area contributed by atoms with Crippen LogP contribution in [0.1, 0.15) is 51.0 Å². The van der Waals surface area contributed by atoms with Crippen molar-refractivity contribution in [1.82, 2.24) is 24.5 Å². The molecule has 4 heterocycles. The fourth-order valence-corrected chi connectivity index (χ4v) is 6.54. The van der Waals surface area contributed by atoms with Gasteiger partial charge in [-0.15, -0.1) is 0 Å². The van der Waals surface area contributed by atoms with Gasteiger partial charge in [-0.3, -0.25) is 0 Å². The Labute approximate surface area is 237 Å². The van der Waals surface area contributed by atoms with Crippen molar-refractivity contribution < 1.29 is 14.6 Å². The van der Waals surface area contributed by atoms with Gasteiger partial charge in [0.15, 0.2) is 11.5 Å². The van der Waals surface area contributed by atoms with E-state index in [1.165, 1.54) is 12.8 Å². The number of nitrogens with zero attached hydrogens (tertiary/aromatic N) is 6. The lowest BCUT2D eigenvalue weighted by atomic mass is 9.77. The average Bonchev–Trinajstić information content (AvgIpc) is 3.31. The van der Waals surface area contributed by atoms with Gasteiger partial charge in [-0.05, 0) is 63.0 Å². The van der Waals surface area contributed by atoms with Crippen molar-refractivity contribution in [1.29, 1.82) is 0 Å². The molecule has 9 nitrogen and oxygen atoms in total. The molecule has 0 aromatic carbocycles. The molecule has 6 rings (SSSR count). The van der Waals surface area contributed by atoms with Crippen molar-refractivity contribution in [3.63, 3.8) is 0 Å². The molecule has 2 saturated carbocycles. The third-order valence-electron chi connectivity index (χ3n) is 8.84. The Bertz CT molecular complexity index is 1420. The molecule has 3 aromatic heterocycles. The van der Waals surface area contributed by atoms with Crippen molar-refractivity contribution >= 4 is 24.9 Å². The molecule has 1 aliphatic heterocycles. The van der Waals surface area contributed by atoms with Crippen molar-refractivity contribution in [2.75, 3.05) is 31.3 Å². The summed E-state index contributed by atoms with van der Waals surface area (Å²) in [4.78, 5) is 7.37. The van der Waals surface area contributed by atoms with E-state index in [2.05, 4.69) is 54.5 Å². The van der Waals surface area contributed by atoms with Crippen LogP contribution >= 0.6 is 0 Å². The smallest absolute Gasteiger partial charge is 0.168 e. The highest BCUT2D eigenvalue weighted by molar-refractivity contribution is 6.76. The first-order chi connectivity index (χ1) is 19.1. The fourth-order valence-electron chi connectivity index (χ4n) is 5.79. The van der Waals surface area contributed by atoms with E-state index >= 15 is 0 Å². The topological polar surface area (TPSA) is 90.5 Å². The number of hydrogen-bond donors (Lipinski definition) is 1. The van der Waals surface area contributed by atoms with Crippen molar-refractivity contribution in [2.24, 2.45) is 5.41 Å². The minimum atomic E-state index is -1.17. The highest BCUT2D eigenvalue weighted by atomic mass is 28.3. The van der Waals surface area contributed by atoms with Gasteiger partial charge in [-0.1, -0.05) is 31.5 Å². The van der Waals surface area contributed by atoms with Crippen LogP contribution in [0.15, 0.2) is 24.5 Å². The monoisotopic (exact) mass is 562 g/mol. The van der Waals surface area contributed by atoms with Gasteiger partial charge in [0.05, 0.1) is 37.0 Å². The number of ether oxygens (including phenoxy) is 2. The number of morpholine rings is 1. The van der Waals surface area contributed by atoms with Crippen LogP contribution in [-0.2, 0) is 16.2 Å². The Morgan fingerprint density at radius 3 is 2.65 bits per heavy atom. The Morgan fingerprint density at radius 1 is 1.15 bits per heavy atom. The molecule has 1 saturated heterocycles. The first-order valence-electron chi connectivity index (χ1n) is 14.7. The van der Waals surface area contributed by atoms with Crippen molar-refractivity contribution in [3.05, 3.63) is 30.1 Å². The molecule has 0 radical (unpaired) electrons. The quantitative estimate of drug-likeness (QED) is 0.256. The van der Waals surface area contributed by atoms with E-state index in [0.29, 0.717) is 25.4 Å². The third-order valence-corrected chi connectivity index (χ3v) is 10.5. The summed E-state index contributed by atoms with van der Waals surface area (Å²) >= 11 is 0. The Hall–Kier alpha value is -2.71. The summed E-state index contributed by atoms with van der Waals surface area (Å²) in [6.07, 6.45) is 9.85. The lowest BCUT2D eigenvalue weighted by Crippen LogP contribution is -2.44. The van der Waals surface area contributed by atoms with Crippen LogP contribution in [0.4, 0.5) is 5.82 Å². The number of hydrogen-bond acceptors (Lipinski definition) is 7. The number of anilines is 1. The van der Waals surface area contributed by atoms with Gasteiger partial charge in [0.2, 0.25) is 0 Å². The van der Waals surface area contributed by atoms with E-state index in [1.54, 1.807) is 6.20 Å². The molecule has 2 aliphatic carbocycles. The number of fused-ring (bicyclic) bond motifs is 1. The predicted octanol–water partition coefficient (Wildman–Crippen LogP) is 4.59. The number of pyridine rings is 1. The molecule has 1 spiro atoms. The normalized spacial score (nSPS) is 21.9. The lowest BCUT2D eigenvalue weighted by molar-refractivity contribution is 0.0390. The highest BCUT2D eigenvalue weighted by Crippen LogP contribution is 2.57. The van der Waals surface area contributed by atoms with Crippen LogP contribution in [0.5, 0.6) is 0 Å². The van der Waals surface area contributed by atoms with Gasteiger partial charge in [0, 0.05) is 32.9 Å². The van der Waals surface area contributed by atoms with E-state index in [1.807, 2.05) is 21.6 Å². The summed E-state index contributed by atoms with van der Waals surface area (Å²) in [7, 11) is -1.17. The second-order valence-corrected chi connectivity index (χ2v) is 18.9. The zero-order valence-corrected chi connectivity index (χ0v) is 25.3. The van der Waals surface area contributed by atoms with Crippen molar-refractivity contribution in [3.8, 4) is 17.7 Å². The maximum Gasteiger partial charge on any atom is 0.168 e. The average molecular weight is 563 g/mol. The summed E-state index contributed by atoms with van der Waals surface area (Å²) in [5, 5.41) is 21.4. The summed E-state index contributed by atoms with van der Waals surface area (Å²) in [5.41, 5.74) is 1.12. The lowest BCUT2D eigenvalue weighted by Gasteiger charge is -2.34. The molecule has 40 heavy (non-hydrogen) atoms. The maximum absolute atomic E-state index is 11.3. The number of aliphatic hydroxyl groups is 1. The third kappa shape index (κ3) is 5.84. The van der Waals surface area contributed by atoms with Crippen LogP contribution in [0, 0.1) is 17.3 Å². The van der Waals surface area contributed by atoms with Gasteiger partial charge < -0.3 is 19.5 Å². The molecular weight excluding hydrogens is 520 g/mol. The number of aromatic nitrogens is 5. The molecule has 10 heteroatoms.